The smallest absolute Gasteiger partial charge is 0.197 e. The summed E-state index contributed by atoms with van der Waals surface area (Å²) in [7, 11) is 0. The number of benzene rings is 7. The molecule has 9 rings (SSSR count). The van der Waals surface area contributed by atoms with Crippen LogP contribution < -0.4 is 20.3 Å². The molecule has 9 aromatic rings. The van der Waals surface area contributed by atoms with Crippen LogP contribution in [-0.2, 0) is 12.8 Å². The third-order valence-corrected chi connectivity index (χ3v) is 9.48. The van der Waals surface area contributed by atoms with Gasteiger partial charge in [0.15, 0.2) is 10.9 Å². The van der Waals surface area contributed by atoms with E-state index in [4.69, 9.17) is 9.47 Å². The van der Waals surface area contributed by atoms with Crippen molar-refractivity contribution in [3.05, 3.63) is 200 Å². The predicted molar refractivity (Wildman–Crippen MR) is 209 cm³/mol. The summed E-state index contributed by atoms with van der Waals surface area (Å²) >= 11 is 0. The molecule has 2 aromatic heterocycles. The van der Waals surface area contributed by atoms with Gasteiger partial charge < -0.3 is 19.4 Å². The molecule has 2 N–H and O–H groups in total. The van der Waals surface area contributed by atoms with E-state index in [0.29, 0.717) is 66.6 Å². The minimum Gasteiger partial charge on any atom is -0.457 e. The molecule has 0 fully saturated rings. The molecule has 0 bridgehead atoms. The monoisotopic (exact) mass is 676 g/mol. The highest BCUT2D eigenvalue weighted by atomic mass is 16.5. The summed E-state index contributed by atoms with van der Waals surface area (Å²) in [5.74, 6) is 2.51. The van der Waals surface area contributed by atoms with Gasteiger partial charge in [-0.15, -0.1) is 0 Å². The Balaban J connectivity index is 0.985. The van der Waals surface area contributed by atoms with Gasteiger partial charge in [0, 0.05) is 21.5 Å². The van der Waals surface area contributed by atoms with Crippen molar-refractivity contribution in [1.29, 1.82) is 0 Å². The number of hydrogen-bond donors (Lipinski definition) is 2. The number of hydrogen-bond acceptors (Lipinski definition) is 4. The van der Waals surface area contributed by atoms with Crippen LogP contribution in [0.5, 0.6) is 23.0 Å². The zero-order chi connectivity index (χ0) is 35.0. The fourth-order valence-corrected chi connectivity index (χ4v) is 6.82. The fourth-order valence-electron chi connectivity index (χ4n) is 6.82. The van der Waals surface area contributed by atoms with Crippen LogP contribution in [0.2, 0.25) is 0 Å². The number of aromatic nitrogens is 2. The van der Waals surface area contributed by atoms with E-state index in [9.17, 15) is 9.59 Å². The molecule has 7 aromatic carbocycles. The largest absolute Gasteiger partial charge is 0.457 e. The molecule has 0 aliphatic heterocycles. The molecule has 0 atom stereocenters. The van der Waals surface area contributed by atoms with Gasteiger partial charge in [-0.3, -0.25) is 9.59 Å². The van der Waals surface area contributed by atoms with Gasteiger partial charge in [0.2, 0.25) is 0 Å². The number of aromatic amines is 2. The molecule has 6 heteroatoms. The first-order valence-electron chi connectivity index (χ1n) is 17.2. The van der Waals surface area contributed by atoms with Crippen LogP contribution >= 0.6 is 0 Å². The van der Waals surface area contributed by atoms with E-state index in [1.807, 2.05) is 84.9 Å². The topological polar surface area (TPSA) is 84.2 Å². The molecule has 6 nitrogen and oxygen atoms in total. The molecule has 2 heterocycles. The quantitative estimate of drug-likeness (QED) is 0.157. The van der Waals surface area contributed by atoms with Gasteiger partial charge >= 0.3 is 0 Å². The lowest BCUT2D eigenvalue weighted by Crippen LogP contribution is -2.08. The van der Waals surface area contributed by atoms with Crippen LogP contribution in [0.15, 0.2) is 167 Å². The number of H-pyrrole nitrogens is 2. The first-order valence-corrected chi connectivity index (χ1v) is 17.2. The van der Waals surface area contributed by atoms with Gasteiger partial charge in [0.05, 0.1) is 22.1 Å². The van der Waals surface area contributed by atoms with E-state index >= 15 is 0 Å². The standard InChI is InChI=1S/C46H32N2O4/c49-45-37-25-35(51-33-15-11-31(12-16-33)23-29-7-3-1-4-8-29)19-21-41(37)47-43-28-40-44(27-39(43)45)48-42-22-20-36(26-38(42)46(40)50)52-34-17-13-32(14-18-34)24-30-9-5-2-6-10-30/h1-22,25-28H,23-24H2,(H,47,49)(H,48,50). The van der Waals surface area contributed by atoms with Crippen LogP contribution in [0.1, 0.15) is 22.3 Å². The molecule has 0 aliphatic carbocycles. The third-order valence-electron chi connectivity index (χ3n) is 9.48. The molecule has 0 saturated carbocycles. The maximum absolute atomic E-state index is 13.8. The van der Waals surface area contributed by atoms with E-state index < -0.39 is 0 Å². The molecule has 0 saturated heterocycles. The van der Waals surface area contributed by atoms with Crippen molar-refractivity contribution in [1.82, 2.24) is 9.97 Å². The van der Waals surface area contributed by atoms with Crippen LogP contribution in [0.3, 0.4) is 0 Å². The van der Waals surface area contributed by atoms with Gasteiger partial charge in [-0.05, 0) is 108 Å². The normalized spacial score (nSPS) is 11.4. The maximum atomic E-state index is 13.8. The molecule has 52 heavy (non-hydrogen) atoms. The molecule has 0 radical (unpaired) electrons. The molecule has 0 amide bonds. The molecule has 250 valence electrons. The Bertz CT molecular complexity index is 2660. The Kier molecular flexibility index (Phi) is 7.82. The van der Waals surface area contributed by atoms with Crippen LogP contribution in [0, 0.1) is 0 Å². The summed E-state index contributed by atoms with van der Waals surface area (Å²) in [6, 6.07) is 51.0. The lowest BCUT2D eigenvalue weighted by atomic mass is 10.0. The van der Waals surface area contributed by atoms with Crippen LogP contribution in [0.25, 0.3) is 43.6 Å². The van der Waals surface area contributed by atoms with Crippen LogP contribution in [0.4, 0.5) is 0 Å². The number of pyridine rings is 2. The van der Waals surface area contributed by atoms with E-state index in [0.717, 1.165) is 12.8 Å². The van der Waals surface area contributed by atoms with Crippen molar-refractivity contribution in [2.24, 2.45) is 0 Å². The lowest BCUT2D eigenvalue weighted by Gasteiger charge is -2.10. The summed E-state index contributed by atoms with van der Waals surface area (Å²) < 4.78 is 12.3. The minimum atomic E-state index is -0.145. The number of ether oxygens (including phenoxy) is 2. The molecular weight excluding hydrogens is 645 g/mol. The van der Waals surface area contributed by atoms with E-state index in [-0.39, 0.29) is 10.9 Å². The average molecular weight is 677 g/mol. The number of rotatable bonds is 8. The lowest BCUT2D eigenvalue weighted by molar-refractivity contribution is 0.483. The summed E-state index contributed by atoms with van der Waals surface area (Å²) in [4.78, 5) is 34.4. The Morgan fingerprint density at radius 1 is 0.346 bits per heavy atom. The first-order chi connectivity index (χ1) is 25.5. The van der Waals surface area contributed by atoms with E-state index in [1.165, 1.54) is 22.3 Å². The minimum absolute atomic E-state index is 0.145. The molecule has 0 aliphatic rings. The highest BCUT2D eigenvalue weighted by Crippen LogP contribution is 2.29. The van der Waals surface area contributed by atoms with Crippen molar-refractivity contribution in [2.75, 3.05) is 0 Å². The zero-order valence-corrected chi connectivity index (χ0v) is 28.1. The van der Waals surface area contributed by atoms with E-state index in [1.54, 1.807) is 24.3 Å². The van der Waals surface area contributed by atoms with Gasteiger partial charge in [0.1, 0.15) is 23.0 Å². The Morgan fingerprint density at radius 2 is 0.692 bits per heavy atom. The SMILES string of the molecule is O=c1c2cc(Oc3ccc(Cc4ccccc4)cc3)ccc2[nH]c2cc3c(=O)c4cc(Oc5ccc(Cc6ccccc6)cc5)ccc4[nH]c3cc12. The van der Waals surface area contributed by atoms with Gasteiger partial charge in [-0.2, -0.15) is 0 Å². The molecular formula is C46H32N2O4. The Hall–Kier alpha value is -6.92. The summed E-state index contributed by atoms with van der Waals surface area (Å²) in [6.45, 7) is 0. The predicted octanol–water partition coefficient (Wildman–Crippen LogP) is 10.4. The Morgan fingerprint density at radius 3 is 1.10 bits per heavy atom. The summed E-state index contributed by atoms with van der Waals surface area (Å²) in [5.41, 5.74) is 7.07. The highest BCUT2D eigenvalue weighted by molar-refractivity contribution is 6.03. The average Bonchev–Trinajstić information content (AvgIpc) is 3.18. The first kappa shape index (κ1) is 31.1. The van der Waals surface area contributed by atoms with Crippen molar-refractivity contribution in [2.45, 2.75) is 12.8 Å². The molecule has 0 unspecified atom stereocenters. The van der Waals surface area contributed by atoms with Crippen molar-refractivity contribution < 1.29 is 9.47 Å². The number of nitrogens with one attached hydrogen (secondary N) is 2. The van der Waals surface area contributed by atoms with Gasteiger partial charge in [0.25, 0.3) is 0 Å². The van der Waals surface area contributed by atoms with Crippen molar-refractivity contribution in [3.8, 4) is 23.0 Å². The molecule has 0 spiro atoms. The van der Waals surface area contributed by atoms with Crippen molar-refractivity contribution in [3.63, 3.8) is 0 Å². The van der Waals surface area contributed by atoms with Crippen molar-refractivity contribution >= 4 is 43.6 Å². The Labute approximate surface area is 298 Å². The van der Waals surface area contributed by atoms with Gasteiger partial charge in [-0.1, -0.05) is 84.9 Å². The van der Waals surface area contributed by atoms with E-state index in [2.05, 4.69) is 58.5 Å². The third kappa shape index (κ3) is 6.18. The maximum Gasteiger partial charge on any atom is 0.197 e. The highest BCUT2D eigenvalue weighted by Gasteiger charge is 2.13. The second-order valence-electron chi connectivity index (χ2n) is 13.1. The van der Waals surface area contributed by atoms with Crippen LogP contribution in [-0.4, -0.2) is 9.97 Å². The summed E-state index contributed by atoms with van der Waals surface area (Å²) in [5, 5.41) is 1.97. The van der Waals surface area contributed by atoms with Gasteiger partial charge in [-0.25, -0.2) is 0 Å². The summed E-state index contributed by atoms with van der Waals surface area (Å²) in [6.07, 6.45) is 1.69. The second-order valence-corrected chi connectivity index (χ2v) is 13.1. The second kappa shape index (κ2) is 13.1. The fraction of sp³-hybridized carbons (Fsp3) is 0.0435. The zero-order valence-electron chi connectivity index (χ0n) is 28.1. The number of fused-ring (bicyclic) bond motifs is 4.